The third kappa shape index (κ3) is 11.7. The molecule has 0 N–H and O–H groups in total. The summed E-state index contributed by atoms with van der Waals surface area (Å²) in [6, 6.07) is 22.3. The van der Waals surface area contributed by atoms with Crippen molar-refractivity contribution in [2.45, 2.75) is 203 Å². The van der Waals surface area contributed by atoms with E-state index in [2.05, 4.69) is 209 Å². The van der Waals surface area contributed by atoms with Gasteiger partial charge in [0, 0.05) is 5.41 Å². The Balaban J connectivity index is 1.70. The van der Waals surface area contributed by atoms with Crippen LogP contribution in [0, 0.1) is 34.0 Å². The molecule has 2 aromatic carbocycles. The molecule has 0 heterocycles. The van der Waals surface area contributed by atoms with Gasteiger partial charge in [-0.25, -0.2) is 0 Å². The first-order chi connectivity index (χ1) is 26.9. The first-order valence-electron chi connectivity index (χ1n) is 23.4. The summed E-state index contributed by atoms with van der Waals surface area (Å²) in [5.41, 5.74) is 1.38. The minimum absolute atomic E-state index is 0.0205. The monoisotopic (exact) mass is 859 g/mol. The van der Waals surface area contributed by atoms with E-state index in [0.29, 0.717) is 17.8 Å². The van der Waals surface area contributed by atoms with Crippen LogP contribution in [0.3, 0.4) is 0 Å². The van der Waals surface area contributed by atoms with Gasteiger partial charge < -0.3 is 13.3 Å². The third-order valence-electron chi connectivity index (χ3n) is 16.6. The molecule has 3 nitrogen and oxygen atoms in total. The highest BCUT2D eigenvalue weighted by molar-refractivity contribution is 6.80. The van der Waals surface area contributed by atoms with E-state index >= 15 is 0 Å². The Kier molecular flexibility index (Phi) is 15.8. The maximum absolute atomic E-state index is 7.96. The van der Waals surface area contributed by atoms with E-state index < -0.39 is 25.7 Å². The van der Waals surface area contributed by atoms with Crippen molar-refractivity contribution in [1.29, 1.82) is 0 Å². The molecule has 0 aromatic heterocycles. The SMILES string of the molecule is CC(C)C(CCC(C)(O[SiH](c1ccccc1)c1ccccc1)C1(C)CCC(C=CC=C2CC(O[Si](C)(C)C(C)(C)C)CC(O[Si](C)(C)C(C)(C)C)C2)C1(C)C)C(C)(C)C. The van der Waals surface area contributed by atoms with Crippen molar-refractivity contribution in [1.82, 2.24) is 0 Å². The van der Waals surface area contributed by atoms with E-state index in [9.17, 15) is 0 Å². The van der Waals surface area contributed by atoms with Crippen molar-refractivity contribution in [3.8, 4) is 0 Å². The zero-order chi connectivity index (χ0) is 44.5. The van der Waals surface area contributed by atoms with Crippen LogP contribution in [0.25, 0.3) is 0 Å². The van der Waals surface area contributed by atoms with Crippen LogP contribution in [-0.2, 0) is 13.3 Å². The Morgan fingerprint density at radius 1 is 0.729 bits per heavy atom. The molecule has 0 saturated heterocycles. The largest absolute Gasteiger partial charge is 0.414 e. The summed E-state index contributed by atoms with van der Waals surface area (Å²) >= 11 is 0. The maximum atomic E-state index is 7.96. The number of hydrogen-bond acceptors (Lipinski definition) is 3. The molecule has 4 rings (SSSR count). The van der Waals surface area contributed by atoms with Gasteiger partial charge in [-0.05, 0) is 127 Å². The van der Waals surface area contributed by atoms with Gasteiger partial charge in [0.1, 0.15) is 0 Å². The maximum Gasteiger partial charge on any atom is 0.240 e. The summed E-state index contributed by atoms with van der Waals surface area (Å²) < 4.78 is 22.3. The highest BCUT2D eigenvalue weighted by atomic mass is 28.4. The van der Waals surface area contributed by atoms with E-state index in [-0.39, 0.29) is 44.1 Å². The first kappa shape index (κ1) is 50.1. The lowest BCUT2D eigenvalue weighted by molar-refractivity contribution is -0.107. The fraction of sp³-hybridized carbons (Fsp3) is 0.698. The minimum atomic E-state index is -2.04. The number of rotatable bonds is 15. The molecular weight excluding hydrogens is 769 g/mol. The molecule has 0 spiro atoms. The topological polar surface area (TPSA) is 27.7 Å². The van der Waals surface area contributed by atoms with E-state index in [1.165, 1.54) is 22.4 Å². The summed E-state index contributed by atoms with van der Waals surface area (Å²) in [5, 5.41) is 3.08. The Morgan fingerprint density at radius 2 is 1.19 bits per heavy atom. The second-order valence-electron chi connectivity index (χ2n) is 24.4. The van der Waals surface area contributed by atoms with Gasteiger partial charge >= 0.3 is 0 Å². The molecule has 2 aromatic rings. The summed E-state index contributed by atoms with van der Waals surface area (Å²) in [4.78, 5) is 0. The molecule has 6 heteroatoms. The Hall–Kier alpha value is -1.55. The highest BCUT2D eigenvalue weighted by Crippen LogP contribution is 2.63. The zero-order valence-corrected chi connectivity index (χ0v) is 44.8. The molecule has 332 valence electrons. The van der Waals surface area contributed by atoms with Gasteiger partial charge in [0.25, 0.3) is 0 Å². The third-order valence-corrected chi connectivity index (χ3v) is 28.4. The molecule has 0 aliphatic heterocycles. The molecule has 2 aliphatic rings. The van der Waals surface area contributed by atoms with E-state index in [1.54, 1.807) is 0 Å². The normalized spacial score (nSPS) is 25.2. The van der Waals surface area contributed by atoms with Crippen LogP contribution in [0.2, 0.25) is 36.3 Å². The van der Waals surface area contributed by atoms with Crippen molar-refractivity contribution >= 4 is 36.0 Å². The van der Waals surface area contributed by atoms with Crippen LogP contribution in [0.15, 0.2) is 84.5 Å². The lowest BCUT2D eigenvalue weighted by Crippen LogP contribution is -2.59. The second kappa shape index (κ2) is 18.7. The summed E-state index contributed by atoms with van der Waals surface area (Å²) in [6.45, 7) is 46.2. The number of allylic oxidation sites excluding steroid dienone is 3. The molecule has 0 radical (unpaired) electrons. The predicted octanol–water partition coefficient (Wildman–Crippen LogP) is 14.3. The molecule has 2 saturated carbocycles. The predicted molar refractivity (Wildman–Crippen MR) is 266 cm³/mol. The molecule has 6 unspecified atom stereocenters. The van der Waals surface area contributed by atoms with Crippen molar-refractivity contribution in [2.24, 2.45) is 34.0 Å². The van der Waals surface area contributed by atoms with Gasteiger partial charge in [0.05, 0.1) is 17.8 Å². The number of benzene rings is 2. The molecule has 0 bridgehead atoms. The van der Waals surface area contributed by atoms with Crippen molar-refractivity contribution < 1.29 is 13.3 Å². The molecule has 59 heavy (non-hydrogen) atoms. The van der Waals surface area contributed by atoms with Gasteiger partial charge in [0.2, 0.25) is 9.04 Å². The quantitative estimate of drug-likeness (QED) is 0.167. The van der Waals surface area contributed by atoms with Gasteiger partial charge in [0.15, 0.2) is 16.6 Å². The van der Waals surface area contributed by atoms with Crippen LogP contribution >= 0.6 is 0 Å². The second-order valence-corrected chi connectivity index (χ2v) is 36.2. The fourth-order valence-electron chi connectivity index (χ4n) is 10.3. The standard InChI is InChI=1S/C53H90O3Si3/c1-40(2)47(48(3,4)5)34-36-53(15,56-57(45-29-22-20-23-30-45)46-31-24-21-25-32-46)52(14)35-33-42(51(52,12)13)28-26-27-41-37-43(54-58(16,17)49(6,7)8)39-44(38-41)55-59(18,19)50(9,10)11/h20-32,40,42-44,47,57H,33-39H2,1-19H3. The minimum Gasteiger partial charge on any atom is -0.414 e. The highest BCUT2D eigenvalue weighted by Gasteiger charge is 2.60. The van der Waals surface area contributed by atoms with E-state index in [0.717, 1.165) is 38.5 Å². The van der Waals surface area contributed by atoms with Crippen LogP contribution in [0.4, 0.5) is 0 Å². The lowest BCUT2D eigenvalue weighted by Gasteiger charge is -2.55. The molecule has 6 atom stereocenters. The van der Waals surface area contributed by atoms with E-state index in [4.69, 9.17) is 13.3 Å². The van der Waals surface area contributed by atoms with Crippen LogP contribution in [0.5, 0.6) is 0 Å². The number of hydrogen-bond donors (Lipinski definition) is 0. The Bertz CT molecular complexity index is 1610. The van der Waals surface area contributed by atoms with Gasteiger partial charge in [-0.3, -0.25) is 0 Å². The molecule has 2 fully saturated rings. The zero-order valence-electron chi connectivity index (χ0n) is 41.6. The fourth-order valence-corrected chi connectivity index (χ4v) is 15.7. The first-order valence-corrected chi connectivity index (χ1v) is 30.9. The van der Waals surface area contributed by atoms with Gasteiger partial charge in [-0.2, -0.15) is 0 Å². The van der Waals surface area contributed by atoms with Crippen molar-refractivity contribution in [3.63, 3.8) is 0 Å². The Morgan fingerprint density at radius 3 is 1.59 bits per heavy atom. The average Bonchev–Trinajstić information content (AvgIpc) is 3.34. The summed E-state index contributed by atoms with van der Waals surface area (Å²) in [6.07, 6.45) is 15.4. The Labute approximate surface area is 369 Å². The molecule has 0 amide bonds. The van der Waals surface area contributed by atoms with Crippen molar-refractivity contribution in [3.05, 3.63) is 84.5 Å². The molecule has 2 aliphatic carbocycles. The van der Waals surface area contributed by atoms with Crippen LogP contribution in [-0.4, -0.2) is 43.5 Å². The average molecular weight is 860 g/mol. The smallest absolute Gasteiger partial charge is 0.240 e. The van der Waals surface area contributed by atoms with Crippen LogP contribution in [0.1, 0.15) is 149 Å². The van der Waals surface area contributed by atoms with E-state index in [1.807, 2.05) is 0 Å². The molecular formula is C53H90O3Si3. The van der Waals surface area contributed by atoms with Gasteiger partial charge in [-0.15, -0.1) is 0 Å². The van der Waals surface area contributed by atoms with Gasteiger partial charge in [-0.1, -0.05) is 181 Å². The van der Waals surface area contributed by atoms with Crippen LogP contribution < -0.4 is 10.4 Å². The summed E-state index contributed by atoms with van der Waals surface area (Å²) in [7, 11) is -5.91. The summed E-state index contributed by atoms with van der Waals surface area (Å²) in [5.74, 6) is 1.67. The lowest BCUT2D eigenvalue weighted by atomic mass is 9.56. The van der Waals surface area contributed by atoms with Crippen molar-refractivity contribution in [2.75, 3.05) is 0 Å².